The molecule has 2 aromatic carbocycles. The minimum atomic E-state index is -4.05. The Morgan fingerprint density at radius 3 is 2.45 bits per heavy atom. The van der Waals surface area contributed by atoms with Gasteiger partial charge in [-0.15, -0.1) is 0 Å². The monoisotopic (exact) mass is 527 g/mol. The number of hydrogen-bond donors (Lipinski definition) is 0. The summed E-state index contributed by atoms with van der Waals surface area (Å²) in [5.74, 6) is 0.0781. The van der Waals surface area contributed by atoms with Crippen LogP contribution in [0.25, 0.3) is 33.3 Å². The summed E-state index contributed by atoms with van der Waals surface area (Å²) in [5.41, 5.74) is 3.08. The molecule has 38 heavy (non-hydrogen) atoms. The Morgan fingerprint density at radius 2 is 1.71 bits per heavy atom. The van der Waals surface area contributed by atoms with E-state index in [9.17, 15) is 17.6 Å². The fourth-order valence-corrected chi connectivity index (χ4v) is 6.01. The first-order valence-electron chi connectivity index (χ1n) is 11.8. The highest BCUT2D eigenvalue weighted by molar-refractivity contribution is 7.90. The van der Waals surface area contributed by atoms with Crippen molar-refractivity contribution < 1.29 is 12.8 Å². The van der Waals surface area contributed by atoms with Crippen LogP contribution >= 0.6 is 0 Å². The van der Waals surface area contributed by atoms with Gasteiger partial charge in [0.2, 0.25) is 0 Å². The first-order valence-corrected chi connectivity index (χ1v) is 13.3. The Balaban J connectivity index is 1.63. The van der Waals surface area contributed by atoms with E-state index >= 15 is 0 Å². The van der Waals surface area contributed by atoms with Gasteiger partial charge in [-0.3, -0.25) is 9.78 Å². The van der Waals surface area contributed by atoms with Crippen molar-refractivity contribution in [1.82, 2.24) is 23.1 Å². The van der Waals surface area contributed by atoms with Crippen LogP contribution in [-0.4, -0.2) is 31.5 Å². The quantitative estimate of drug-likeness (QED) is 0.330. The Kier molecular flexibility index (Phi) is 5.50. The van der Waals surface area contributed by atoms with Crippen LogP contribution in [0.3, 0.4) is 0 Å². The molecule has 0 bridgehead atoms. The third-order valence-corrected chi connectivity index (χ3v) is 8.30. The van der Waals surface area contributed by atoms with Crippen LogP contribution in [0.1, 0.15) is 11.1 Å². The van der Waals surface area contributed by atoms with Gasteiger partial charge in [0.1, 0.15) is 17.2 Å². The number of pyridine rings is 2. The zero-order valence-electron chi connectivity index (χ0n) is 20.5. The SMILES string of the molecule is Cc1ccc(S(=O)(=O)n2ccc3c(-c4nc5ccc(F)cc5n4Cc4ccncc4)cn(C)c(=O)c32)cc1. The number of rotatable bonds is 5. The summed E-state index contributed by atoms with van der Waals surface area (Å²) in [5, 5.41) is 0.426. The van der Waals surface area contributed by atoms with E-state index < -0.39 is 21.4 Å². The van der Waals surface area contributed by atoms with Crippen LogP contribution in [0.2, 0.25) is 0 Å². The second-order valence-corrected chi connectivity index (χ2v) is 11.0. The minimum absolute atomic E-state index is 0.0132. The second-order valence-electron chi connectivity index (χ2n) is 9.16. The first-order chi connectivity index (χ1) is 18.2. The lowest BCUT2D eigenvalue weighted by molar-refractivity contribution is 0.589. The number of benzene rings is 2. The molecule has 190 valence electrons. The zero-order chi connectivity index (χ0) is 26.6. The van der Waals surface area contributed by atoms with E-state index in [2.05, 4.69) is 4.98 Å². The Hall–Kier alpha value is -4.57. The standard InChI is InChI=1S/C28H22FN5O3S/c1-18-3-6-21(7-4-18)38(36,37)34-14-11-22-23(17-32(2)28(35)26(22)34)27-31-24-8-5-20(29)15-25(24)33(27)16-19-9-12-30-13-10-19/h3-15,17H,16H2,1-2H3. The summed E-state index contributed by atoms with van der Waals surface area (Å²) in [6.07, 6.45) is 6.37. The van der Waals surface area contributed by atoms with Gasteiger partial charge in [0.15, 0.2) is 0 Å². The molecule has 4 aromatic heterocycles. The maximum atomic E-state index is 14.3. The van der Waals surface area contributed by atoms with Gasteiger partial charge in [0, 0.05) is 49.3 Å². The second kappa shape index (κ2) is 8.77. The van der Waals surface area contributed by atoms with E-state index in [1.165, 1.54) is 35.0 Å². The van der Waals surface area contributed by atoms with Crippen molar-refractivity contribution in [3.05, 3.63) is 113 Å². The van der Waals surface area contributed by atoms with Crippen molar-refractivity contribution in [3.63, 3.8) is 0 Å². The van der Waals surface area contributed by atoms with E-state index in [-0.39, 0.29) is 10.4 Å². The molecule has 0 radical (unpaired) electrons. The number of aromatic nitrogens is 5. The van der Waals surface area contributed by atoms with Crippen LogP contribution in [0.15, 0.2) is 95.1 Å². The normalized spacial score (nSPS) is 12.0. The molecule has 0 saturated heterocycles. The van der Waals surface area contributed by atoms with E-state index in [1.807, 2.05) is 23.6 Å². The Bertz CT molecular complexity index is 2010. The van der Waals surface area contributed by atoms with Crippen molar-refractivity contribution in [2.45, 2.75) is 18.4 Å². The fraction of sp³-hybridized carbons (Fsp3) is 0.107. The highest BCUT2D eigenvalue weighted by Gasteiger charge is 2.25. The maximum Gasteiger partial charge on any atom is 0.275 e. The Morgan fingerprint density at radius 1 is 0.974 bits per heavy atom. The van der Waals surface area contributed by atoms with Gasteiger partial charge >= 0.3 is 0 Å². The smallest absolute Gasteiger partial charge is 0.275 e. The molecule has 0 spiro atoms. The predicted molar refractivity (Wildman–Crippen MR) is 143 cm³/mol. The van der Waals surface area contributed by atoms with Gasteiger partial charge < -0.3 is 9.13 Å². The zero-order valence-corrected chi connectivity index (χ0v) is 21.4. The van der Waals surface area contributed by atoms with Crippen molar-refractivity contribution in [3.8, 4) is 11.4 Å². The van der Waals surface area contributed by atoms with Crippen LogP contribution in [0, 0.1) is 12.7 Å². The molecule has 6 aromatic rings. The topological polar surface area (TPSA) is 91.8 Å². The van der Waals surface area contributed by atoms with E-state index in [0.29, 0.717) is 34.4 Å². The van der Waals surface area contributed by atoms with Crippen LogP contribution in [0.5, 0.6) is 0 Å². The van der Waals surface area contributed by atoms with E-state index in [4.69, 9.17) is 4.98 Å². The largest absolute Gasteiger partial charge is 0.319 e. The van der Waals surface area contributed by atoms with Crippen LogP contribution in [-0.2, 0) is 23.6 Å². The summed E-state index contributed by atoms with van der Waals surface area (Å²) in [7, 11) is -2.48. The van der Waals surface area contributed by atoms with Gasteiger partial charge in [-0.25, -0.2) is 21.8 Å². The molecule has 0 aliphatic heterocycles. The average Bonchev–Trinajstić information content (AvgIpc) is 3.50. The van der Waals surface area contributed by atoms with Crippen LogP contribution < -0.4 is 5.56 Å². The summed E-state index contributed by atoms with van der Waals surface area (Å²) in [6.45, 7) is 2.23. The highest BCUT2D eigenvalue weighted by Crippen LogP contribution is 2.32. The van der Waals surface area contributed by atoms with Crippen molar-refractivity contribution >= 4 is 32.0 Å². The number of nitrogens with zero attached hydrogens (tertiary/aromatic N) is 5. The fourth-order valence-electron chi connectivity index (χ4n) is 4.66. The molecular formula is C28H22FN5O3S. The highest BCUT2D eigenvalue weighted by atomic mass is 32.2. The van der Waals surface area contributed by atoms with Gasteiger partial charge in [0.05, 0.1) is 15.9 Å². The third kappa shape index (κ3) is 3.81. The molecule has 0 saturated carbocycles. The van der Waals surface area contributed by atoms with Crippen molar-refractivity contribution in [2.75, 3.05) is 0 Å². The van der Waals surface area contributed by atoms with E-state index in [0.717, 1.165) is 15.1 Å². The van der Waals surface area contributed by atoms with Crippen molar-refractivity contribution in [2.24, 2.45) is 7.05 Å². The molecule has 0 N–H and O–H groups in total. The molecule has 8 nitrogen and oxygen atoms in total. The lowest BCUT2D eigenvalue weighted by atomic mass is 10.1. The summed E-state index contributed by atoms with van der Waals surface area (Å²) < 4.78 is 45.6. The third-order valence-electron chi connectivity index (χ3n) is 6.61. The number of hydrogen-bond acceptors (Lipinski definition) is 5. The number of aryl methyl sites for hydroxylation is 2. The lowest BCUT2D eigenvalue weighted by Gasteiger charge is -2.13. The number of fused-ring (bicyclic) bond motifs is 2. The van der Waals surface area contributed by atoms with Gasteiger partial charge in [0.25, 0.3) is 15.6 Å². The molecule has 0 aliphatic rings. The first kappa shape index (κ1) is 23.8. The summed E-state index contributed by atoms with van der Waals surface area (Å²) in [4.78, 5) is 22.2. The lowest BCUT2D eigenvalue weighted by Crippen LogP contribution is -2.22. The van der Waals surface area contributed by atoms with Crippen molar-refractivity contribution in [1.29, 1.82) is 0 Å². The number of halogens is 1. The number of imidazole rings is 1. The molecule has 0 aliphatic carbocycles. The van der Waals surface area contributed by atoms with Gasteiger partial charge in [-0.1, -0.05) is 17.7 Å². The molecule has 4 heterocycles. The Labute approximate surface area is 217 Å². The minimum Gasteiger partial charge on any atom is -0.319 e. The maximum absolute atomic E-state index is 14.3. The molecular weight excluding hydrogens is 505 g/mol. The van der Waals surface area contributed by atoms with Gasteiger partial charge in [-0.05, 0) is 61.0 Å². The van der Waals surface area contributed by atoms with Gasteiger partial charge in [-0.2, -0.15) is 0 Å². The average molecular weight is 528 g/mol. The predicted octanol–water partition coefficient (Wildman–Crippen LogP) is 4.48. The molecule has 0 unspecified atom stereocenters. The molecule has 0 fully saturated rings. The van der Waals surface area contributed by atoms with E-state index in [1.54, 1.807) is 49.9 Å². The molecule has 6 rings (SSSR count). The summed E-state index contributed by atoms with van der Waals surface area (Å²) >= 11 is 0. The molecule has 0 amide bonds. The summed E-state index contributed by atoms with van der Waals surface area (Å²) in [6, 6.07) is 16.1. The molecule has 10 heteroatoms. The molecule has 0 atom stereocenters. The van der Waals surface area contributed by atoms with Crippen LogP contribution in [0.4, 0.5) is 4.39 Å².